The maximum absolute atomic E-state index is 5.95. The fraction of sp³-hybridized carbons (Fsp3) is 0.200. The van der Waals surface area contributed by atoms with Crippen LogP contribution in [-0.4, -0.2) is 0 Å². The largest absolute Gasteiger partial charge is 0.122 e. The zero-order chi connectivity index (χ0) is 13.2. The van der Waals surface area contributed by atoms with Crippen molar-refractivity contribution in [1.82, 2.24) is 0 Å². The summed E-state index contributed by atoms with van der Waals surface area (Å²) in [7, 11) is 2.97. The monoisotopic (exact) mass is 296 g/mol. The Hall–Kier alpha value is -0.550. The topological polar surface area (TPSA) is 0 Å². The summed E-state index contributed by atoms with van der Waals surface area (Å²) < 4.78 is 0. The van der Waals surface area contributed by atoms with E-state index in [2.05, 4.69) is 40.4 Å². The third-order valence-electron chi connectivity index (χ3n) is 3.28. The van der Waals surface area contributed by atoms with Gasteiger partial charge in [-0.1, -0.05) is 54.4 Å². The molecule has 0 heterocycles. The van der Waals surface area contributed by atoms with Gasteiger partial charge in [0.1, 0.15) is 0 Å². The van der Waals surface area contributed by atoms with Crippen LogP contribution in [0.3, 0.4) is 0 Å². The molecule has 1 atom stereocenters. The molecule has 0 saturated heterocycles. The predicted molar refractivity (Wildman–Crippen MR) is 83.7 cm³/mol. The molecule has 0 saturated carbocycles. The number of halogens is 2. The minimum Gasteiger partial charge on any atom is -0.122 e. The van der Waals surface area contributed by atoms with E-state index in [0.29, 0.717) is 0 Å². The molecule has 2 rings (SSSR count). The van der Waals surface area contributed by atoms with Gasteiger partial charge in [-0.3, -0.25) is 0 Å². The van der Waals surface area contributed by atoms with Crippen LogP contribution in [0.25, 0.3) is 0 Å². The summed E-state index contributed by atoms with van der Waals surface area (Å²) in [5, 5.41) is 1.44. The molecule has 0 aliphatic rings. The van der Waals surface area contributed by atoms with Crippen molar-refractivity contribution >= 4 is 32.4 Å². The van der Waals surface area contributed by atoms with Crippen molar-refractivity contribution in [3.8, 4) is 0 Å². The smallest absolute Gasteiger partial charge is 0.0406 e. The number of hydrogen-bond donors (Lipinski definition) is 0. The molecule has 94 valence electrons. The maximum Gasteiger partial charge on any atom is 0.0406 e. The minimum absolute atomic E-state index is 0.0881. The molecule has 0 spiro atoms. The molecule has 18 heavy (non-hydrogen) atoms. The Morgan fingerprint density at radius 3 is 1.44 bits per heavy atom. The van der Waals surface area contributed by atoms with Crippen LogP contribution in [-0.2, 0) is 5.16 Å². The van der Waals surface area contributed by atoms with Gasteiger partial charge in [0.05, 0.1) is 0 Å². The lowest BCUT2D eigenvalue weighted by Gasteiger charge is -2.29. The van der Waals surface area contributed by atoms with E-state index >= 15 is 0 Å². The fourth-order valence-corrected chi connectivity index (χ4v) is 2.71. The number of rotatable bonds is 3. The van der Waals surface area contributed by atoms with Crippen LogP contribution < -0.4 is 0 Å². The summed E-state index contributed by atoms with van der Waals surface area (Å²) in [4.78, 5) is 0. The van der Waals surface area contributed by atoms with Crippen LogP contribution in [0.4, 0.5) is 0 Å². The SMILES string of the molecule is CCC(P)(c1ccc(Cl)cc1)c1ccc(Cl)cc1. The fourth-order valence-electron chi connectivity index (χ4n) is 2.07. The highest BCUT2D eigenvalue weighted by Crippen LogP contribution is 2.42. The molecule has 1 unspecified atom stereocenters. The van der Waals surface area contributed by atoms with E-state index in [4.69, 9.17) is 23.2 Å². The van der Waals surface area contributed by atoms with Gasteiger partial charge in [0.15, 0.2) is 0 Å². The van der Waals surface area contributed by atoms with E-state index in [1.807, 2.05) is 24.3 Å². The van der Waals surface area contributed by atoms with Crippen molar-refractivity contribution in [2.45, 2.75) is 18.5 Å². The Morgan fingerprint density at radius 1 is 0.833 bits per heavy atom. The summed E-state index contributed by atoms with van der Waals surface area (Å²) in [6, 6.07) is 16.0. The second-order valence-electron chi connectivity index (χ2n) is 4.34. The summed E-state index contributed by atoms with van der Waals surface area (Å²) in [6.45, 7) is 2.18. The normalized spacial score (nSPS) is 11.6. The van der Waals surface area contributed by atoms with Crippen LogP contribution in [0.2, 0.25) is 10.0 Å². The van der Waals surface area contributed by atoms with E-state index in [1.54, 1.807) is 0 Å². The molecular formula is C15H15Cl2P. The van der Waals surface area contributed by atoms with Gasteiger partial charge < -0.3 is 0 Å². The lowest BCUT2D eigenvalue weighted by atomic mass is 9.88. The van der Waals surface area contributed by atoms with Crippen LogP contribution in [0.15, 0.2) is 48.5 Å². The lowest BCUT2D eigenvalue weighted by molar-refractivity contribution is 0.710. The second kappa shape index (κ2) is 5.61. The van der Waals surface area contributed by atoms with Crippen molar-refractivity contribution < 1.29 is 0 Å². The molecule has 0 aliphatic heterocycles. The first kappa shape index (κ1) is 13.9. The first-order chi connectivity index (χ1) is 8.56. The Kier molecular flexibility index (Phi) is 4.33. The van der Waals surface area contributed by atoms with E-state index in [1.165, 1.54) is 11.1 Å². The zero-order valence-electron chi connectivity index (χ0n) is 10.2. The Balaban J connectivity index is 2.47. The van der Waals surface area contributed by atoms with E-state index in [9.17, 15) is 0 Å². The summed E-state index contributed by atoms with van der Waals surface area (Å²) >= 11 is 11.9. The molecule has 2 aromatic carbocycles. The Bertz CT molecular complexity index is 472. The first-order valence-corrected chi connectivity index (χ1v) is 7.20. The molecule has 0 fully saturated rings. The molecule has 0 amide bonds. The summed E-state index contributed by atoms with van der Waals surface area (Å²) in [6.07, 6.45) is 0.987. The zero-order valence-corrected chi connectivity index (χ0v) is 12.8. The van der Waals surface area contributed by atoms with Crippen molar-refractivity contribution in [1.29, 1.82) is 0 Å². The molecule has 0 aromatic heterocycles. The number of hydrogen-bond acceptors (Lipinski definition) is 0. The quantitative estimate of drug-likeness (QED) is 0.654. The third kappa shape index (κ3) is 2.72. The highest BCUT2D eigenvalue weighted by Gasteiger charge is 2.26. The van der Waals surface area contributed by atoms with Crippen molar-refractivity contribution in [2.24, 2.45) is 0 Å². The van der Waals surface area contributed by atoms with Crippen LogP contribution >= 0.6 is 32.4 Å². The van der Waals surface area contributed by atoms with E-state index in [0.717, 1.165) is 16.5 Å². The second-order valence-corrected chi connectivity index (χ2v) is 6.20. The molecular weight excluding hydrogens is 282 g/mol. The Labute approximate surface area is 121 Å². The molecule has 0 aliphatic carbocycles. The maximum atomic E-state index is 5.95. The molecule has 0 radical (unpaired) electrons. The average Bonchev–Trinajstić information content (AvgIpc) is 2.39. The summed E-state index contributed by atoms with van der Waals surface area (Å²) in [5.74, 6) is 0. The average molecular weight is 297 g/mol. The predicted octanol–water partition coefficient (Wildman–Crippen LogP) is 5.52. The van der Waals surface area contributed by atoms with Crippen molar-refractivity contribution in [2.75, 3.05) is 0 Å². The highest BCUT2D eigenvalue weighted by atomic mass is 35.5. The Morgan fingerprint density at radius 2 is 1.17 bits per heavy atom. The van der Waals surface area contributed by atoms with Gasteiger partial charge in [-0.2, -0.15) is 0 Å². The molecule has 0 bridgehead atoms. The third-order valence-corrected chi connectivity index (χ3v) is 4.86. The van der Waals surface area contributed by atoms with Crippen molar-refractivity contribution in [3.05, 3.63) is 69.7 Å². The van der Waals surface area contributed by atoms with Gasteiger partial charge in [0, 0.05) is 15.2 Å². The lowest BCUT2D eigenvalue weighted by Crippen LogP contribution is -2.18. The molecule has 0 nitrogen and oxygen atoms in total. The molecule has 3 heteroatoms. The number of benzene rings is 2. The van der Waals surface area contributed by atoms with Crippen LogP contribution in [0.5, 0.6) is 0 Å². The van der Waals surface area contributed by atoms with Gasteiger partial charge in [0.2, 0.25) is 0 Å². The van der Waals surface area contributed by atoms with Gasteiger partial charge in [-0.15, -0.1) is 9.24 Å². The van der Waals surface area contributed by atoms with Gasteiger partial charge in [-0.05, 0) is 41.8 Å². The van der Waals surface area contributed by atoms with Crippen LogP contribution in [0, 0.1) is 0 Å². The molecule has 0 N–H and O–H groups in total. The summed E-state index contributed by atoms with van der Waals surface area (Å²) in [5.41, 5.74) is 2.48. The van der Waals surface area contributed by atoms with Crippen LogP contribution in [0.1, 0.15) is 24.5 Å². The standard InChI is InChI=1S/C15H15Cl2P/c1-2-15(18,11-3-7-13(16)8-4-11)12-5-9-14(17)10-6-12/h3-10H,2,18H2,1H3. The highest BCUT2D eigenvalue weighted by molar-refractivity contribution is 7.19. The van der Waals surface area contributed by atoms with Gasteiger partial charge >= 0.3 is 0 Å². The minimum atomic E-state index is -0.0881. The molecule has 2 aromatic rings. The first-order valence-electron chi connectivity index (χ1n) is 5.87. The van der Waals surface area contributed by atoms with Gasteiger partial charge in [-0.25, -0.2) is 0 Å². The van der Waals surface area contributed by atoms with Crippen molar-refractivity contribution in [3.63, 3.8) is 0 Å². The van der Waals surface area contributed by atoms with E-state index in [-0.39, 0.29) is 5.16 Å². The van der Waals surface area contributed by atoms with Gasteiger partial charge in [0.25, 0.3) is 0 Å². The van der Waals surface area contributed by atoms with E-state index < -0.39 is 0 Å².